The van der Waals surface area contributed by atoms with Crippen LogP contribution < -0.4 is 9.62 Å². The average molecular weight is 638 g/mol. The van der Waals surface area contributed by atoms with E-state index in [0.29, 0.717) is 22.5 Å². The summed E-state index contributed by atoms with van der Waals surface area (Å²) in [4.78, 5) is 28.4. The molecule has 1 atom stereocenters. The molecule has 1 N–H and O–H groups in total. The molecule has 7 nitrogen and oxygen atoms in total. The Morgan fingerprint density at radius 1 is 0.977 bits per heavy atom. The summed E-state index contributed by atoms with van der Waals surface area (Å²) in [5.41, 5.74) is 0.0222. The van der Waals surface area contributed by atoms with Gasteiger partial charge in [-0.15, -0.1) is 0 Å². The van der Waals surface area contributed by atoms with Crippen molar-refractivity contribution in [3.63, 3.8) is 0 Å². The summed E-state index contributed by atoms with van der Waals surface area (Å²) >= 11 is 5.81. The molecule has 12 heteroatoms. The van der Waals surface area contributed by atoms with Crippen LogP contribution in [0.2, 0.25) is 5.02 Å². The van der Waals surface area contributed by atoms with Crippen molar-refractivity contribution in [2.75, 3.05) is 17.4 Å². The van der Waals surface area contributed by atoms with Crippen molar-refractivity contribution in [2.45, 2.75) is 57.8 Å². The Morgan fingerprint density at radius 2 is 1.60 bits per heavy atom. The molecule has 0 bridgehead atoms. The van der Waals surface area contributed by atoms with Crippen molar-refractivity contribution in [3.05, 3.63) is 94.5 Å². The second-order valence-electron chi connectivity index (χ2n) is 10.6. The van der Waals surface area contributed by atoms with E-state index in [0.717, 1.165) is 17.7 Å². The van der Waals surface area contributed by atoms with Gasteiger partial charge in [-0.25, -0.2) is 8.42 Å². The van der Waals surface area contributed by atoms with Gasteiger partial charge in [-0.05, 0) is 55.2 Å². The monoisotopic (exact) mass is 637 g/mol. The topological polar surface area (TPSA) is 86.8 Å². The maximum atomic E-state index is 14.1. The molecule has 0 radical (unpaired) electrons. The standard InChI is InChI=1S/C31H35ClF3N3O4S/c1-5-28(30(40)36-18-21(2)3)37(19-23-13-11-22(4)12-14-23)29(39)20-38(43(41,42)25-9-7-6-8-10-25)24-15-16-27(32)26(17-24)31(33,34)35/h6-17,21,28H,5,18-20H2,1-4H3,(H,36,40)/t28-/m1/s1. The van der Waals surface area contributed by atoms with Crippen LogP contribution in [0.4, 0.5) is 18.9 Å². The second kappa shape index (κ2) is 14.3. The minimum Gasteiger partial charge on any atom is -0.354 e. The van der Waals surface area contributed by atoms with E-state index >= 15 is 0 Å². The second-order valence-corrected chi connectivity index (χ2v) is 12.8. The number of hydrogen-bond acceptors (Lipinski definition) is 4. The zero-order chi connectivity index (χ0) is 31.9. The third kappa shape index (κ3) is 8.73. The van der Waals surface area contributed by atoms with Gasteiger partial charge in [-0.1, -0.05) is 80.4 Å². The number of nitrogens with zero attached hydrogens (tertiary/aromatic N) is 2. The van der Waals surface area contributed by atoms with Crippen LogP contribution in [0, 0.1) is 12.8 Å². The largest absolute Gasteiger partial charge is 0.417 e. The summed E-state index contributed by atoms with van der Waals surface area (Å²) in [6.07, 6.45) is -4.66. The van der Waals surface area contributed by atoms with Crippen LogP contribution in [0.3, 0.4) is 0 Å². The normalized spacial score (nSPS) is 12.6. The molecule has 0 aliphatic carbocycles. The summed E-state index contributed by atoms with van der Waals surface area (Å²) in [7, 11) is -4.54. The highest BCUT2D eigenvalue weighted by molar-refractivity contribution is 7.92. The number of carbonyl (C=O) groups excluding carboxylic acids is 2. The third-order valence-corrected chi connectivity index (χ3v) is 8.82. The number of anilines is 1. The van der Waals surface area contributed by atoms with Gasteiger partial charge in [0.1, 0.15) is 12.6 Å². The molecule has 0 aliphatic rings. The zero-order valence-electron chi connectivity index (χ0n) is 24.4. The van der Waals surface area contributed by atoms with Gasteiger partial charge in [0, 0.05) is 13.1 Å². The first kappa shape index (κ1) is 33.9. The van der Waals surface area contributed by atoms with Gasteiger partial charge in [-0.2, -0.15) is 13.2 Å². The fourth-order valence-corrected chi connectivity index (χ4v) is 6.02. The molecule has 0 unspecified atom stereocenters. The SMILES string of the molecule is CC[C@H](C(=O)NCC(C)C)N(Cc1ccc(C)cc1)C(=O)CN(c1ccc(Cl)c(C(F)(F)F)c1)S(=O)(=O)c1ccccc1. The van der Waals surface area contributed by atoms with E-state index in [1.165, 1.54) is 29.2 Å². The summed E-state index contributed by atoms with van der Waals surface area (Å²) < 4.78 is 69.6. The summed E-state index contributed by atoms with van der Waals surface area (Å²) in [6, 6.07) is 16.0. The van der Waals surface area contributed by atoms with Gasteiger partial charge in [-0.3, -0.25) is 13.9 Å². The van der Waals surface area contributed by atoms with Gasteiger partial charge in [0.15, 0.2) is 0 Å². The summed E-state index contributed by atoms with van der Waals surface area (Å²) in [5.74, 6) is -1.04. The summed E-state index contributed by atoms with van der Waals surface area (Å²) in [5, 5.41) is 2.21. The summed E-state index contributed by atoms with van der Waals surface area (Å²) in [6.45, 7) is 6.93. The quantitative estimate of drug-likeness (QED) is 0.248. The smallest absolute Gasteiger partial charge is 0.354 e. The van der Waals surface area contributed by atoms with Crippen LogP contribution in [0.25, 0.3) is 0 Å². The molecule has 232 valence electrons. The predicted octanol–water partition coefficient (Wildman–Crippen LogP) is 6.44. The van der Waals surface area contributed by atoms with Crippen molar-refractivity contribution in [1.29, 1.82) is 0 Å². The first-order valence-electron chi connectivity index (χ1n) is 13.7. The lowest BCUT2D eigenvalue weighted by atomic mass is 10.1. The molecular weight excluding hydrogens is 603 g/mol. The highest BCUT2D eigenvalue weighted by Crippen LogP contribution is 2.38. The maximum absolute atomic E-state index is 14.1. The number of aryl methyl sites for hydroxylation is 1. The molecule has 0 aliphatic heterocycles. The molecule has 0 heterocycles. The number of benzene rings is 3. The Balaban J connectivity index is 2.12. The van der Waals surface area contributed by atoms with E-state index in [2.05, 4.69) is 5.32 Å². The number of carbonyl (C=O) groups is 2. The van der Waals surface area contributed by atoms with Gasteiger partial charge in [0.05, 0.1) is 21.2 Å². The molecule has 2 amide bonds. The lowest BCUT2D eigenvalue weighted by Gasteiger charge is -2.33. The van der Waals surface area contributed by atoms with Crippen LogP contribution in [0.15, 0.2) is 77.7 Å². The molecule has 3 rings (SSSR count). The van der Waals surface area contributed by atoms with Gasteiger partial charge in [0.2, 0.25) is 11.8 Å². The number of sulfonamides is 1. The minimum absolute atomic E-state index is 0.0274. The number of amides is 2. The first-order chi connectivity index (χ1) is 20.1. The number of halogens is 4. The van der Waals surface area contributed by atoms with E-state index in [9.17, 15) is 31.2 Å². The highest BCUT2D eigenvalue weighted by Gasteiger charge is 2.37. The first-order valence-corrected chi connectivity index (χ1v) is 15.5. The van der Waals surface area contributed by atoms with E-state index in [-0.39, 0.29) is 23.8 Å². The molecular formula is C31H35ClF3N3O4S. The van der Waals surface area contributed by atoms with Gasteiger partial charge < -0.3 is 10.2 Å². The Morgan fingerprint density at radius 3 is 2.16 bits per heavy atom. The highest BCUT2D eigenvalue weighted by atomic mass is 35.5. The molecule has 43 heavy (non-hydrogen) atoms. The minimum atomic E-state index is -4.88. The lowest BCUT2D eigenvalue weighted by Crippen LogP contribution is -2.52. The lowest BCUT2D eigenvalue weighted by molar-refractivity contribution is -0.140. The van der Waals surface area contributed by atoms with E-state index in [1.54, 1.807) is 25.1 Å². The van der Waals surface area contributed by atoms with E-state index in [4.69, 9.17) is 11.6 Å². The van der Waals surface area contributed by atoms with Crippen molar-refractivity contribution in [1.82, 2.24) is 10.2 Å². The van der Waals surface area contributed by atoms with Crippen LogP contribution in [0.5, 0.6) is 0 Å². The molecule has 0 spiro atoms. The van der Waals surface area contributed by atoms with Crippen molar-refractivity contribution >= 4 is 39.1 Å². The predicted molar refractivity (Wildman–Crippen MR) is 161 cm³/mol. The number of nitrogens with one attached hydrogen (secondary N) is 1. The van der Waals surface area contributed by atoms with Crippen LogP contribution in [-0.2, 0) is 32.3 Å². The van der Waals surface area contributed by atoms with Crippen molar-refractivity contribution < 1.29 is 31.2 Å². The van der Waals surface area contributed by atoms with Gasteiger partial charge >= 0.3 is 6.18 Å². The maximum Gasteiger partial charge on any atom is 0.417 e. The number of rotatable bonds is 12. The third-order valence-electron chi connectivity index (χ3n) is 6.70. The molecule has 0 fully saturated rings. The molecule has 0 saturated heterocycles. The fraction of sp³-hybridized carbons (Fsp3) is 0.355. The molecule has 3 aromatic rings. The van der Waals surface area contributed by atoms with Crippen LogP contribution >= 0.6 is 11.6 Å². The molecule has 0 aromatic heterocycles. The Hall–Kier alpha value is -3.57. The molecule has 0 saturated carbocycles. The van der Waals surface area contributed by atoms with Crippen molar-refractivity contribution in [3.8, 4) is 0 Å². The van der Waals surface area contributed by atoms with E-state index < -0.39 is 56.9 Å². The number of hydrogen-bond donors (Lipinski definition) is 1. The number of alkyl halides is 3. The zero-order valence-corrected chi connectivity index (χ0v) is 25.9. The Kier molecular flexibility index (Phi) is 11.3. The van der Waals surface area contributed by atoms with Crippen LogP contribution in [-0.4, -0.2) is 44.3 Å². The fourth-order valence-electron chi connectivity index (χ4n) is 4.37. The Labute approximate surface area is 255 Å². The van der Waals surface area contributed by atoms with Gasteiger partial charge in [0.25, 0.3) is 10.0 Å². The van der Waals surface area contributed by atoms with E-state index in [1.807, 2.05) is 32.9 Å². The van der Waals surface area contributed by atoms with Crippen molar-refractivity contribution in [2.24, 2.45) is 5.92 Å². The Bertz CT molecular complexity index is 1520. The molecule has 3 aromatic carbocycles. The average Bonchev–Trinajstić information content (AvgIpc) is 2.95. The van der Waals surface area contributed by atoms with Crippen LogP contribution in [0.1, 0.15) is 43.9 Å².